The van der Waals surface area contributed by atoms with Gasteiger partial charge in [-0.1, -0.05) is 24.3 Å². The average molecular weight is 380 g/mol. The van der Waals surface area contributed by atoms with Crippen molar-refractivity contribution in [3.05, 3.63) is 54.1 Å². The largest absolute Gasteiger partial charge is 0.494 e. The summed E-state index contributed by atoms with van der Waals surface area (Å²) in [6.45, 7) is 4.06. The number of primary amides is 1. The van der Waals surface area contributed by atoms with Crippen LogP contribution in [0.15, 0.2) is 48.5 Å². The Morgan fingerprint density at radius 3 is 2.64 bits per heavy atom. The fourth-order valence-corrected chi connectivity index (χ4v) is 3.75. The molecule has 1 aliphatic heterocycles. The van der Waals surface area contributed by atoms with Crippen LogP contribution in [0.25, 0.3) is 11.1 Å². The molecule has 5 heteroatoms. The van der Waals surface area contributed by atoms with Crippen LogP contribution in [0.1, 0.15) is 43.0 Å². The molecule has 2 amide bonds. The van der Waals surface area contributed by atoms with E-state index in [1.165, 1.54) is 0 Å². The number of piperidine rings is 1. The van der Waals surface area contributed by atoms with Crippen molar-refractivity contribution in [1.29, 1.82) is 0 Å². The molecule has 3 rings (SSSR count). The molecule has 1 aliphatic rings. The first kappa shape index (κ1) is 19.9. The summed E-state index contributed by atoms with van der Waals surface area (Å²) in [6.07, 6.45) is 3.17. The minimum atomic E-state index is -0.271. The number of rotatable bonds is 7. The van der Waals surface area contributed by atoms with Gasteiger partial charge < -0.3 is 15.4 Å². The van der Waals surface area contributed by atoms with Crippen molar-refractivity contribution in [2.24, 2.45) is 11.7 Å². The van der Waals surface area contributed by atoms with Crippen LogP contribution in [-0.2, 0) is 4.79 Å². The zero-order valence-corrected chi connectivity index (χ0v) is 16.4. The summed E-state index contributed by atoms with van der Waals surface area (Å²) in [5.41, 5.74) is 8.07. The Hall–Kier alpha value is -2.82. The van der Waals surface area contributed by atoms with Crippen molar-refractivity contribution < 1.29 is 14.3 Å². The molecule has 2 aromatic rings. The third-order valence-corrected chi connectivity index (χ3v) is 5.22. The number of carbonyl (C=O) groups is 2. The molecule has 0 bridgehead atoms. The van der Waals surface area contributed by atoms with E-state index in [1.54, 1.807) is 0 Å². The van der Waals surface area contributed by atoms with Crippen LogP contribution in [0, 0.1) is 5.92 Å². The van der Waals surface area contributed by atoms with Crippen molar-refractivity contribution in [3.8, 4) is 16.9 Å². The summed E-state index contributed by atoms with van der Waals surface area (Å²) in [5.74, 6) is 0.979. The summed E-state index contributed by atoms with van der Waals surface area (Å²) in [6, 6.07) is 15.7. The Labute approximate surface area is 166 Å². The molecule has 28 heavy (non-hydrogen) atoms. The molecule has 148 valence electrons. The van der Waals surface area contributed by atoms with Gasteiger partial charge in [0.1, 0.15) is 5.75 Å². The van der Waals surface area contributed by atoms with E-state index in [0.29, 0.717) is 31.1 Å². The number of nitrogens with zero attached hydrogens (tertiary/aromatic N) is 1. The van der Waals surface area contributed by atoms with Crippen LogP contribution in [0.5, 0.6) is 5.75 Å². The maximum atomic E-state index is 12.9. The van der Waals surface area contributed by atoms with E-state index in [9.17, 15) is 9.59 Å². The lowest BCUT2D eigenvalue weighted by molar-refractivity contribution is -0.118. The summed E-state index contributed by atoms with van der Waals surface area (Å²) in [7, 11) is 0. The predicted octanol–water partition coefficient (Wildman–Crippen LogP) is 3.87. The van der Waals surface area contributed by atoms with E-state index in [-0.39, 0.29) is 11.8 Å². The first-order chi connectivity index (χ1) is 13.6. The number of hydrogen-bond donors (Lipinski definition) is 1. The van der Waals surface area contributed by atoms with Gasteiger partial charge in [0.25, 0.3) is 5.91 Å². The van der Waals surface area contributed by atoms with Crippen LogP contribution in [0.4, 0.5) is 0 Å². The number of amides is 2. The molecule has 0 radical (unpaired) electrons. The van der Waals surface area contributed by atoms with E-state index in [0.717, 1.165) is 42.7 Å². The quantitative estimate of drug-likeness (QED) is 0.792. The number of likely N-dealkylation sites (tertiary alicyclic amines) is 1. The van der Waals surface area contributed by atoms with Gasteiger partial charge in [0.05, 0.1) is 6.61 Å². The van der Waals surface area contributed by atoms with Crippen molar-refractivity contribution in [2.75, 3.05) is 19.7 Å². The number of carbonyl (C=O) groups excluding carboxylic acids is 2. The Bertz CT molecular complexity index is 817. The fraction of sp³-hybridized carbons (Fsp3) is 0.391. The van der Waals surface area contributed by atoms with E-state index < -0.39 is 0 Å². The molecular weight excluding hydrogens is 352 g/mol. The molecule has 0 aromatic heterocycles. The minimum absolute atomic E-state index is 0.0541. The predicted molar refractivity (Wildman–Crippen MR) is 110 cm³/mol. The molecule has 2 aromatic carbocycles. The summed E-state index contributed by atoms with van der Waals surface area (Å²) in [4.78, 5) is 25.8. The van der Waals surface area contributed by atoms with Gasteiger partial charge >= 0.3 is 0 Å². The SMILES string of the molecule is CCOc1cccc(-c2ccc(C(=O)N3CCCC(CCC(N)=O)C3)cc2)c1. The summed E-state index contributed by atoms with van der Waals surface area (Å²) < 4.78 is 5.56. The van der Waals surface area contributed by atoms with Gasteiger partial charge in [-0.15, -0.1) is 0 Å². The molecule has 1 saturated heterocycles. The molecule has 1 unspecified atom stereocenters. The Morgan fingerprint density at radius 2 is 1.93 bits per heavy atom. The molecule has 1 fully saturated rings. The molecule has 2 N–H and O–H groups in total. The van der Waals surface area contributed by atoms with Gasteiger partial charge in [-0.05, 0) is 67.5 Å². The second kappa shape index (κ2) is 9.40. The van der Waals surface area contributed by atoms with Gasteiger partial charge in [0, 0.05) is 25.1 Å². The average Bonchev–Trinajstić information content (AvgIpc) is 2.72. The minimum Gasteiger partial charge on any atom is -0.494 e. The molecule has 1 atom stereocenters. The molecule has 1 heterocycles. The maximum Gasteiger partial charge on any atom is 0.253 e. The van der Waals surface area contributed by atoms with Gasteiger partial charge in [0.2, 0.25) is 5.91 Å². The Morgan fingerprint density at radius 1 is 1.14 bits per heavy atom. The third-order valence-electron chi connectivity index (χ3n) is 5.22. The number of nitrogens with two attached hydrogens (primary N) is 1. The first-order valence-corrected chi connectivity index (χ1v) is 9.97. The smallest absolute Gasteiger partial charge is 0.253 e. The highest BCUT2D eigenvalue weighted by Crippen LogP contribution is 2.26. The van der Waals surface area contributed by atoms with Crippen molar-refractivity contribution in [3.63, 3.8) is 0 Å². The van der Waals surface area contributed by atoms with Gasteiger partial charge in [-0.25, -0.2) is 0 Å². The van der Waals surface area contributed by atoms with E-state index in [4.69, 9.17) is 10.5 Å². The first-order valence-electron chi connectivity index (χ1n) is 9.97. The monoisotopic (exact) mass is 380 g/mol. The van der Waals surface area contributed by atoms with E-state index >= 15 is 0 Å². The van der Waals surface area contributed by atoms with Crippen LogP contribution in [0.2, 0.25) is 0 Å². The normalized spacial score (nSPS) is 16.6. The Kier molecular flexibility index (Phi) is 6.69. The second-order valence-electron chi connectivity index (χ2n) is 7.30. The van der Waals surface area contributed by atoms with Crippen molar-refractivity contribution >= 4 is 11.8 Å². The fourth-order valence-electron chi connectivity index (χ4n) is 3.75. The highest BCUT2D eigenvalue weighted by molar-refractivity contribution is 5.94. The Balaban J connectivity index is 1.66. The third kappa shape index (κ3) is 5.12. The highest BCUT2D eigenvalue weighted by atomic mass is 16.5. The van der Waals surface area contributed by atoms with Gasteiger partial charge in [0.15, 0.2) is 0 Å². The van der Waals surface area contributed by atoms with Crippen LogP contribution in [-0.4, -0.2) is 36.4 Å². The maximum absolute atomic E-state index is 12.9. The highest BCUT2D eigenvalue weighted by Gasteiger charge is 2.24. The van der Waals surface area contributed by atoms with Gasteiger partial charge in [-0.2, -0.15) is 0 Å². The number of hydrogen-bond acceptors (Lipinski definition) is 3. The van der Waals surface area contributed by atoms with E-state index in [2.05, 4.69) is 0 Å². The summed E-state index contributed by atoms with van der Waals surface area (Å²) >= 11 is 0. The molecule has 5 nitrogen and oxygen atoms in total. The zero-order valence-electron chi connectivity index (χ0n) is 16.4. The molecule has 0 spiro atoms. The van der Waals surface area contributed by atoms with Crippen molar-refractivity contribution in [1.82, 2.24) is 4.90 Å². The number of ether oxygens (including phenoxy) is 1. The molecular formula is C23H28N2O3. The number of benzene rings is 2. The lowest BCUT2D eigenvalue weighted by Gasteiger charge is -2.32. The lowest BCUT2D eigenvalue weighted by atomic mass is 9.92. The van der Waals surface area contributed by atoms with Crippen molar-refractivity contribution in [2.45, 2.75) is 32.6 Å². The zero-order chi connectivity index (χ0) is 19.9. The van der Waals surface area contributed by atoms with E-state index in [1.807, 2.05) is 60.4 Å². The molecule has 0 saturated carbocycles. The topological polar surface area (TPSA) is 72.6 Å². The summed E-state index contributed by atoms with van der Waals surface area (Å²) in [5, 5.41) is 0. The van der Waals surface area contributed by atoms with Gasteiger partial charge in [-0.3, -0.25) is 9.59 Å². The van der Waals surface area contributed by atoms with Crippen LogP contribution < -0.4 is 10.5 Å². The second-order valence-corrected chi connectivity index (χ2v) is 7.30. The standard InChI is InChI=1S/C23H28N2O3/c1-2-28-21-7-3-6-20(15-21)18-9-11-19(12-10-18)23(27)25-14-4-5-17(16-25)8-13-22(24)26/h3,6-7,9-12,15,17H,2,4-5,8,13-14,16H2,1H3,(H2,24,26). The van der Waals surface area contributed by atoms with Crippen LogP contribution >= 0.6 is 0 Å². The van der Waals surface area contributed by atoms with Crippen LogP contribution in [0.3, 0.4) is 0 Å². The lowest BCUT2D eigenvalue weighted by Crippen LogP contribution is -2.40. The molecule has 0 aliphatic carbocycles.